The molecule has 0 saturated heterocycles. The van der Waals surface area contributed by atoms with E-state index >= 15 is 0 Å². The van der Waals surface area contributed by atoms with Gasteiger partial charge in [0.1, 0.15) is 0 Å². The van der Waals surface area contributed by atoms with Gasteiger partial charge in [-0.25, -0.2) is 25.3 Å². The minimum Gasteiger partial charge on any atom is -0.388 e. The van der Waals surface area contributed by atoms with Crippen LogP contribution in [0.4, 0.5) is 4.79 Å². The lowest BCUT2D eigenvalue weighted by Crippen LogP contribution is -2.37. The Labute approximate surface area is 302 Å². The Morgan fingerprint density at radius 2 is 0.833 bits per heavy atom. The first-order valence-electron chi connectivity index (χ1n) is 12.8. The van der Waals surface area contributed by atoms with Gasteiger partial charge >= 0.3 is 5.37 Å². The number of hydrogen-bond acceptors (Lipinski definition) is 11. The molecule has 1 amide bonds. The van der Waals surface area contributed by atoms with Crippen LogP contribution in [0, 0.1) is 10.1 Å². The third-order valence-corrected chi connectivity index (χ3v) is 7.75. The average Bonchev–Trinajstić information content (AvgIpc) is 2.94. The van der Waals surface area contributed by atoms with E-state index in [1.807, 2.05) is 34.9 Å². The topological polar surface area (TPSA) is 196 Å². The van der Waals surface area contributed by atoms with Gasteiger partial charge in [0.05, 0.1) is 14.7 Å². The lowest BCUT2D eigenvalue weighted by Gasteiger charge is -2.17. The Morgan fingerprint density at radius 1 is 0.667 bits per heavy atom. The number of nitrogens with zero attached hydrogens (tertiary/aromatic N) is 1. The molecule has 3 aromatic carbocycles. The van der Waals surface area contributed by atoms with Crippen molar-refractivity contribution in [3.8, 4) is 0 Å². The number of benzene rings is 3. The summed E-state index contributed by atoms with van der Waals surface area (Å²) in [5.74, 6) is 0. The van der Waals surface area contributed by atoms with E-state index in [0.717, 1.165) is 7.05 Å². The molecule has 0 aliphatic rings. The van der Waals surface area contributed by atoms with Gasteiger partial charge in [0.15, 0.2) is 7.05 Å². The molecule has 0 radical (unpaired) electrons. The monoisotopic (exact) mass is 815 g/mol. The molecular weight excluding hydrogens is 776 g/mol. The molecule has 2 N–H and O–H groups in total. The van der Waals surface area contributed by atoms with E-state index in [2.05, 4.69) is 15.4 Å². The highest BCUT2D eigenvalue weighted by molar-refractivity contribution is 8.14. The second-order valence-corrected chi connectivity index (χ2v) is 17.3. The second-order valence-electron chi connectivity index (χ2n) is 9.25. The van der Waals surface area contributed by atoms with Crippen molar-refractivity contribution in [3.63, 3.8) is 0 Å². The molecule has 0 spiro atoms. The van der Waals surface area contributed by atoms with Crippen LogP contribution in [0.1, 0.15) is 20.8 Å². The minimum absolute atomic E-state index is 0.136. The zero-order valence-corrected chi connectivity index (χ0v) is 32.9. The lowest BCUT2D eigenvalue weighted by molar-refractivity contribution is -0.445. The number of nitrogens with one attached hydrogen (secondary N) is 2. The second kappa shape index (κ2) is 28.3. The van der Waals surface area contributed by atoms with E-state index in [1.54, 1.807) is 68.8 Å². The van der Waals surface area contributed by atoms with Crippen molar-refractivity contribution in [1.82, 2.24) is 10.6 Å². The summed E-state index contributed by atoms with van der Waals surface area (Å²) in [6.45, 7) is 5.60. The molecular formula is C28H41Cl4N3O10S3. The van der Waals surface area contributed by atoms with E-state index in [0.29, 0.717) is 0 Å². The molecule has 0 unspecified atom stereocenters. The average molecular weight is 818 g/mol. The molecule has 0 atom stereocenters. The molecule has 48 heavy (non-hydrogen) atoms. The fourth-order valence-electron chi connectivity index (χ4n) is 2.04. The number of carbonyl (C=O) groups is 1. The van der Waals surface area contributed by atoms with Crippen LogP contribution in [-0.2, 0) is 31.9 Å². The highest BCUT2D eigenvalue weighted by atomic mass is 35.7. The van der Waals surface area contributed by atoms with Crippen molar-refractivity contribution in [2.24, 2.45) is 0 Å². The Kier molecular flexibility index (Phi) is 30.8. The number of hydrogen-bond donors (Lipinski definition) is 2. The minimum atomic E-state index is -3.53. The Hall–Kier alpha value is -2.54. The van der Waals surface area contributed by atoms with Gasteiger partial charge in [-0.05, 0) is 82.9 Å². The van der Waals surface area contributed by atoms with Crippen LogP contribution in [0.15, 0.2) is 106 Å². The Morgan fingerprint density at radius 3 is 0.896 bits per heavy atom. The van der Waals surface area contributed by atoms with Gasteiger partial charge in [-0.3, -0.25) is 14.9 Å². The highest BCUT2D eigenvalue weighted by Gasteiger charge is 2.10. The number of rotatable bonds is 3. The summed E-state index contributed by atoms with van der Waals surface area (Å²) in [5, 5.41) is 13.6. The van der Waals surface area contributed by atoms with Crippen molar-refractivity contribution >= 4 is 76.2 Å². The van der Waals surface area contributed by atoms with Crippen molar-refractivity contribution in [2.45, 2.75) is 41.0 Å². The first-order valence-corrected chi connectivity index (χ1v) is 20.1. The number of nitro groups is 1. The van der Waals surface area contributed by atoms with E-state index in [9.17, 15) is 30.0 Å². The van der Waals surface area contributed by atoms with Crippen LogP contribution in [-0.4, -0.2) is 76.4 Å². The van der Waals surface area contributed by atoms with Gasteiger partial charge in [-0.15, -0.1) is 0 Å². The van der Waals surface area contributed by atoms with Crippen LogP contribution in [0.3, 0.4) is 0 Å². The van der Waals surface area contributed by atoms with Gasteiger partial charge in [0.2, 0.25) is 0 Å². The standard InChI is InChI=1S/3C6H5ClO2S.C5H10ClNO.C2H7N.C2H6O.CH3NO2/c3*7-10(8,9)6-4-2-1-3-5-6;1-5(2,3)7-4(6)8;2*1-3-2;1-2(3)4/h3*1-5H;1-3H3,(H,7,8);3H,1-2H3;1-2H3;1H3. The normalized spacial score (nSPS) is 10.2. The molecule has 20 heteroatoms. The Bertz CT molecular complexity index is 1430. The largest absolute Gasteiger partial charge is 0.388 e. The van der Waals surface area contributed by atoms with Crippen molar-refractivity contribution < 1.29 is 39.7 Å². The first kappa shape index (κ1) is 52.3. The number of amides is 1. The fourth-order valence-corrected chi connectivity index (χ4v) is 4.70. The third-order valence-electron chi connectivity index (χ3n) is 3.55. The molecule has 3 rings (SSSR count). The summed E-state index contributed by atoms with van der Waals surface area (Å²) in [6, 6.07) is 23.6. The van der Waals surface area contributed by atoms with Crippen molar-refractivity contribution in [3.05, 3.63) is 101 Å². The molecule has 0 aliphatic carbocycles. The molecule has 3 aromatic rings. The summed E-state index contributed by atoms with van der Waals surface area (Å²) in [5.41, 5.74) is -0.209. The zero-order chi connectivity index (χ0) is 38.6. The summed E-state index contributed by atoms with van der Waals surface area (Å²) < 4.78 is 67.8. The summed E-state index contributed by atoms with van der Waals surface area (Å²) in [4.78, 5) is 18.8. The number of halogens is 4. The predicted octanol–water partition coefficient (Wildman–Crippen LogP) is 6.57. The lowest BCUT2D eigenvalue weighted by atomic mass is 10.1. The Balaban J connectivity index is -0.000000247. The summed E-state index contributed by atoms with van der Waals surface area (Å²) in [7, 11) is 12.4. The van der Waals surface area contributed by atoms with Crippen LogP contribution >= 0.6 is 43.6 Å². The quantitative estimate of drug-likeness (QED) is 0.126. The van der Waals surface area contributed by atoms with Crippen LogP contribution in [0.5, 0.6) is 0 Å². The van der Waals surface area contributed by atoms with Crippen LogP contribution in [0.2, 0.25) is 0 Å². The van der Waals surface area contributed by atoms with Gasteiger partial charge < -0.3 is 15.4 Å². The van der Waals surface area contributed by atoms with Gasteiger partial charge in [0, 0.05) is 56.7 Å². The fraction of sp³-hybridized carbons (Fsp3) is 0.321. The maximum atomic E-state index is 10.6. The van der Waals surface area contributed by atoms with Gasteiger partial charge in [0.25, 0.3) is 27.2 Å². The van der Waals surface area contributed by atoms with Crippen LogP contribution in [0.25, 0.3) is 0 Å². The molecule has 274 valence electrons. The maximum Gasteiger partial charge on any atom is 0.314 e. The van der Waals surface area contributed by atoms with E-state index < -0.39 is 37.4 Å². The van der Waals surface area contributed by atoms with Gasteiger partial charge in [-0.2, -0.15) is 0 Å². The third kappa shape index (κ3) is 39.6. The molecule has 0 bridgehead atoms. The molecule has 0 aliphatic heterocycles. The molecule has 0 fully saturated rings. The maximum absolute atomic E-state index is 10.6. The van der Waals surface area contributed by atoms with Crippen molar-refractivity contribution in [1.29, 1.82) is 0 Å². The highest BCUT2D eigenvalue weighted by Crippen LogP contribution is 2.14. The number of ether oxygens (including phenoxy) is 1. The SMILES string of the molecule is CC(C)(C)NC(=O)Cl.CNC.COC.C[N+](=O)[O-].O=S(=O)(Cl)c1ccccc1.O=S(=O)(Cl)c1ccccc1.O=S(=O)(Cl)c1ccccc1. The first-order chi connectivity index (χ1) is 21.8. The zero-order valence-electron chi connectivity index (χ0n) is 27.4. The number of methoxy groups -OCH3 is 1. The number of carbonyl (C=O) groups excluding carboxylic acids is 1. The predicted molar refractivity (Wildman–Crippen MR) is 193 cm³/mol. The van der Waals surface area contributed by atoms with Crippen LogP contribution < -0.4 is 10.6 Å². The van der Waals surface area contributed by atoms with E-state index in [1.165, 1.54) is 36.4 Å². The smallest absolute Gasteiger partial charge is 0.314 e. The molecule has 0 aromatic heterocycles. The van der Waals surface area contributed by atoms with Gasteiger partial charge in [-0.1, -0.05) is 54.6 Å². The molecule has 0 saturated carbocycles. The van der Waals surface area contributed by atoms with E-state index in [-0.39, 0.29) is 20.2 Å². The molecule has 0 heterocycles. The van der Waals surface area contributed by atoms with Crippen molar-refractivity contribution in [2.75, 3.05) is 35.4 Å². The van der Waals surface area contributed by atoms with E-state index in [4.69, 9.17) is 53.8 Å². The summed E-state index contributed by atoms with van der Waals surface area (Å²) in [6.07, 6.45) is 0. The summed E-state index contributed by atoms with van der Waals surface area (Å²) >= 11 is 5.01. The molecule has 13 nitrogen and oxygen atoms in total.